The zero-order chi connectivity index (χ0) is 20.1. The zero-order valence-corrected chi connectivity index (χ0v) is 17.2. The van der Waals surface area contributed by atoms with E-state index in [2.05, 4.69) is 21.3 Å². The number of nitrogens with zero attached hydrogens (tertiary/aromatic N) is 3. The Hall–Kier alpha value is -3.12. The van der Waals surface area contributed by atoms with Crippen LogP contribution >= 0.6 is 11.3 Å². The second-order valence-electron chi connectivity index (χ2n) is 8.12. The van der Waals surface area contributed by atoms with Crippen LogP contribution in [0, 0.1) is 11.8 Å². The highest BCUT2D eigenvalue weighted by molar-refractivity contribution is 7.13. The molecule has 30 heavy (non-hydrogen) atoms. The smallest absolute Gasteiger partial charge is 0.298 e. The normalized spacial score (nSPS) is 20.8. The van der Waals surface area contributed by atoms with Gasteiger partial charge < -0.3 is 14.2 Å². The number of aromatic nitrogens is 1. The van der Waals surface area contributed by atoms with Crippen LogP contribution in [0.4, 0.5) is 6.01 Å². The number of rotatable bonds is 3. The number of carbonyl (C=O) groups excluding carboxylic acids is 1. The van der Waals surface area contributed by atoms with E-state index in [1.54, 1.807) is 11.3 Å². The maximum absolute atomic E-state index is 13.3. The SMILES string of the molecule is O=C(c1ccccc1-c1cccs1)N1CC2CN(c3nc4ccccc4o3)CC2C1. The fourth-order valence-corrected chi connectivity index (χ4v) is 5.56. The summed E-state index contributed by atoms with van der Waals surface area (Å²) in [7, 11) is 0. The molecule has 2 saturated heterocycles. The lowest BCUT2D eigenvalue weighted by molar-refractivity contribution is 0.0783. The van der Waals surface area contributed by atoms with E-state index in [9.17, 15) is 4.79 Å². The van der Waals surface area contributed by atoms with E-state index in [1.807, 2.05) is 59.5 Å². The third-order valence-corrected chi connectivity index (χ3v) is 7.17. The molecule has 2 aliphatic rings. The molecule has 150 valence electrons. The van der Waals surface area contributed by atoms with Crippen molar-refractivity contribution in [3.8, 4) is 10.4 Å². The van der Waals surface area contributed by atoms with Crippen molar-refractivity contribution < 1.29 is 9.21 Å². The van der Waals surface area contributed by atoms with Gasteiger partial charge in [-0.05, 0) is 29.6 Å². The van der Waals surface area contributed by atoms with Crippen LogP contribution in [-0.2, 0) is 0 Å². The van der Waals surface area contributed by atoms with Crippen LogP contribution < -0.4 is 4.90 Å². The molecule has 2 atom stereocenters. The average Bonchev–Trinajstić information content (AvgIpc) is 3.55. The van der Waals surface area contributed by atoms with E-state index >= 15 is 0 Å². The first-order chi connectivity index (χ1) is 14.8. The molecule has 6 rings (SSSR count). The van der Waals surface area contributed by atoms with Crippen molar-refractivity contribution in [2.24, 2.45) is 11.8 Å². The fraction of sp³-hybridized carbons (Fsp3) is 0.250. The molecule has 2 aromatic heterocycles. The van der Waals surface area contributed by atoms with Gasteiger partial charge in [0.05, 0.1) is 0 Å². The molecular formula is C24H21N3O2S. The first-order valence-corrected chi connectivity index (χ1v) is 11.2. The van der Waals surface area contributed by atoms with Gasteiger partial charge in [-0.25, -0.2) is 0 Å². The minimum absolute atomic E-state index is 0.141. The summed E-state index contributed by atoms with van der Waals surface area (Å²) in [6, 6.07) is 20.6. The van der Waals surface area contributed by atoms with E-state index in [1.165, 1.54) is 0 Å². The van der Waals surface area contributed by atoms with Crippen LogP contribution in [0.15, 0.2) is 70.5 Å². The number of carbonyl (C=O) groups is 1. The summed E-state index contributed by atoms with van der Waals surface area (Å²) in [6.45, 7) is 3.35. The Morgan fingerprint density at radius 3 is 2.47 bits per heavy atom. The van der Waals surface area contributed by atoms with Crippen molar-refractivity contribution in [1.82, 2.24) is 9.88 Å². The number of para-hydroxylation sites is 2. The fourth-order valence-electron chi connectivity index (χ4n) is 4.80. The van der Waals surface area contributed by atoms with Gasteiger partial charge in [0.2, 0.25) is 0 Å². The highest BCUT2D eigenvalue weighted by atomic mass is 32.1. The van der Waals surface area contributed by atoms with Gasteiger partial charge in [0, 0.05) is 54.0 Å². The molecule has 2 fully saturated rings. The highest BCUT2D eigenvalue weighted by Gasteiger charge is 2.43. The van der Waals surface area contributed by atoms with Gasteiger partial charge in [0.15, 0.2) is 5.58 Å². The second kappa shape index (κ2) is 6.99. The van der Waals surface area contributed by atoms with Crippen molar-refractivity contribution in [2.45, 2.75) is 0 Å². The Kier molecular flexibility index (Phi) is 4.13. The van der Waals surface area contributed by atoms with Crippen LogP contribution in [0.5, 0.6) is 0 Å². The number of thiophene rings is 1. The quantitative estimate of drug-likeness (QED) is 0.484. The standard InChI is InChI=1S/C24H21N3O2S/c28-23(19-7-2-1-6-18(19)22-10-5-11-30-22)26-12-16-14-27(15-17(16)13-26)24-25-20-8-3-4-9-21(20)29-24/h1-11,16-17H,12-15H2. The predicted octanol–water partition coefficient (Wildman–Crippen LogP) is 4.76. The Bertz CT molecular complexity index is 1170. The van der Waals surface area contributed by atoms with Gasteiger partial charge in [0.1, 0.15) is 5.52 Å². The summed E-state index contributed by atoms with van der Waals surface area (Å²) in [5.41, 5.74) is 3.55. The molecule has 1 amide bonds. The van der Waals surface area contributed by atoms with Crippen molar-refractivity contribution in [3.05, 3.63) is 71.6 Å². The van der Waals surface area contributed by atoms with E-state index in [4.69, 9.17) is 4.42 Å². The monoisotopic (exact) mass is 415 g/mol. The summed E-state index contributed by atoms with van der Waals surface area (Å²) in [5.74, 6) is 1.05. The molecule has 0 aliphatic carbocycles. The number of hydrogen-bond acceptors (Lipinski definition) is 5. The average molecular weight is 416 g/mol. The van der Waals surface area contributed by atoms with E-state index in [-0.39, 0.29) is 5.91 Å². The van der Waals surface area contributed by atoms with Crippen LogP contribution in [0.2, 0.25) is 0 Å². The molecule has 0 radical (unpaired) electrons. The Morgan fingerprint density at radius 1 is 0.933 bits per heavy atom. The molecule has 0 bridgehead atoms. The van der Waals surface area contributed by atoms with Gasteiger partial charge >= 0.3 is 0 Å². The van der Waals surface area contributed by atoms with Crippen LogP contribution in [-0.4, -0.2) is 42.0 Å². The van der Waals surface area contributed by atoms with Gasteiger partial charge in [0.25, 0.3) is 11.9 Å². The minimum atomic E-state index is 0.141. The number of anilines is 1. The first kappa shape index (κ1) is 17.7. The Balaban J connectivity index is 1.19. The maximum Gasteiger partial charge on any atom is 0.298 e. The van der Waals surface area contributed by atoms with E-state index < -0.39 is 0 Å². The lowest BCUT2D eigenvalue weighted by atomic mass is 10.0. The number of fused-ring (bicyclic) bond motifs is 2. The van der Waals surface area contributed by atoms with Crippen LogP contribution in [0.1, 0.15) is 10.4 Å². The predicted molar refractivity (Wildman–Crippen MR) is 119 cm³/mol. The lowest BCUT2D eigenvalue weighted by Gasteiger charge is -2.21. The van der Waals surface area contributed by atoms with Crippen molar-refractivity contribution in [3.63, 3.8) is 0 Å². The van der Waals surface area contributed by atoms with Gasteiger partial charge in [-0.3, -0.25) is 4.79 Å². The molecule has 4 aromatic rings. The van der Waals surface area contributed by atoms with Crippen LogP contribution in [0.3, 0.4) is 0 Å². The highest BCUT2D eigenvalue weighted by Crippen LogP contribution is 2.36. The molecule has 0 saturated carbocycles. The molecule has 0 N–H and O–H groups in total. The van der Waals surface area contributed by atoms with Gasteiger partial charge in [-0.1, -0.05) is 36.4 Å². The molecule has 2 aliphatic heterocycles. The van der Waals surface area contributed by atoms with Crippen LogP contribution in [0.25, 0.3) is 21.5 Å². The third-order valence-electron chi connectivity index (χ3n) is 6.27. The Labute approximate surface area is 178 Å². The first-order valence-electron chi connectivity index (χ1n) is 10.3. The van der Waals surface area contributed by atoms with E-state index in [0.717, 1.165) is 53.3 Å². The molecule has 2 unspecified atom stereocenters. The maximum atomic E-state index is 13.3. The molecule has 0 spiro atoms. The summed E-state index contributed by atoms with van der Waals surface area (Å²) in [6.07, 6.45) is 0. The zero-order valence-electron chi connectivity index (χ0n) is 16.4. The minimum Gasteiger partial charge on any atom is -0.423 e. The molecule has 4 heterocycles. The lowest BCUT2D eigenvalue weighted by Crippen LogP contribution is -2.33. The summed E-state index contributed by atoms with van der Waals surface area (Å²) < 4.78 is 5.95. The molecule has 6 heteroatoms. The number of hydrogen-bond donors (Lipinski definition) is 0. The van der Waals surface area contributed by atoms with Crippen molar-refractivity contribution in [1.29, 1.82) is 0 Å². The van der Waals surface area contributed by atoms with Crippen molar-refractivity contribution >= 4 is 34.4 Å². The second-order valence-corrected chi connectivity index (χ2v) is 9.07. The number of oxazole rings is 1. The molecule has 5 nitrogen and oxygen atoms in total. The number of likely N-dealkylation sites (tertiary alicyclic amines) is 1. The topological polar surface area (TPSA) is 49.6 Å². The number of amides is 1. The summed E-state index contributed by atoms with van der Waals surface area (Å²) >= 11 is 1.67. The van der Waals surface area contributed by atoms with Gasteiger partial charge in [-0.2, -0.15) is 4.98 Å². The van der Waals surface area contributed by atoms with Gasteiger partial charge in [-0.15, -0.1) is 11.3 Å². The summed E-state index contributed by atoms with van der Waals surface area (Å²) in [4.78, 5) is 23.4. The molecule has 2 aromatic carbocycles. The Morgan fingerprint density at radius 2 is 1.70 bits per heavy atom. The third kappa shape index (κ3) is 2.91. The van der Waals surface area contributed by atoms with E-state index in [0.29, 0.717) is 17.9 Å². The summed E-state index contributed by atoms with van der Waals surface area (Å²) in [5, 5.41) is 2.05. The molecular weight excluding hydrogens is 394 g/mol. The number of benzene rings is 2. The largest absolute Gasteiger partial charge is 0.423 e. The van der Waals surface area contributed by atoms with Crippen molar-refractivity contribution in [2.75, 3.05) is 31.1 Å².